The van der Waals surface area contributed by atoms with Crippen molar-refractivity contribution in [1.29, 1.82) is 0 Å². The Morgan fingerprint density at radius 3 is 2.21 bits per heavy atom. The van der Waals surface area contributed by atoms with Crippen LogP contribution in [-0.2, 0) is 21.1 Å². The molecule has 0 amide bonds. The van der Waals surface area contributed by atoms with Crippen LogP contribution in [0, 0.1) is 0 Å². The molecule has 0 aromatic heterocycles. The van der Waals surface area contributed by atoms with E-state index < -0.39 is 5.97 Å². The van der Waals surface area contributed by atoms with E-state index in [0.29, 0.717) is 24.3 Å². The normalized spacial score (nSPS) is 10.8. The molecule has 0 spiro atoms. The van der Waals surface area contributed by atoms with Gasteiger partial charge in [0.05, 0.1) is 13.2 Å². The molecule has 6 heteroatoms. The van der Waals surface area contributed by atoms with Gasteiger partial charge in [-0.05, 0) is 48.2 Å². The number of hydrogen-bond donors (Lipinski definition) is 2. The van der Waals surface area contributed by atoms with Gasteiger partial charge in [-0.2, -0.15) is 0 Å². The molecule has 28 heavy (non-hydrogen) atoms. The molecule has 6 nitrogen and oxygen atoms in total. The van der Waals surface area contributed by atoms with Crippen molar-refractivity contribution in [3.8, 4) is 22.6 Å². The van der Waals surface area contributed by atoms with Crippen LogP contribution in [0.25, 0.3) is 11.1 Å². The molecule has 0 atom stereocenters. The number of phenolic OH excluding ortho intramolecular Hbond substituents is 2. The second kappa shape index (κ2) is 11.3. The number of aromatic hydroxyl groups is 2. The third kappa shape index (κ3) is 6.25. The van der Waals surface area contributed by atoms with E-state index in [-0.39, 0.29) is 23.7 Å². The highest BCUT2D eigenvalue weighted by Crippen LogP contribution is 2.30. The summed E-state index contributed by atoms with van der Waals surface area (Å²) in [6.45, 7) is 4.99. The van der Waals surface area contributed by atoms with E-state index in [4.69, 9.17) is 14.5 Å². The molecule has 2 aromatic rings. The number of hydrogen-bond acceptors (Lipinski definition) is 6. The minimum atomic E-state index is -0.556. The molecule has 152 valence electrons. The van der Waals surface area contributed by atoms with E-state index >= 15 is 0 Å². The van der Waals surface area contributed by atoms with Crippen LogP contribution in [0.3, 0.4) is 0 Å². The highest BCUT2D eigenvalue weighted by atomic mass is 17.2. The third-order valence-electron chi connectivity index (χ3n) is 4.24. The molecule has 0 aliphatic heterocycles. The van der Waals surface area contributed by atoms with Crippen LogP contribution in [0.5, 0.6) is 11.5 Å². The summed E-state index contributed by atoms with van der Waals surface area (Å²) in [5.74, 6) is -0.586. The standard InChI is InChI=1S/C22H28O6/c1-3-5-11-26-22(25)19-14-17(8-10-21(19)24)16-7-9-20(23)18(13-16)15-28-27-12-6-4-2/h7-10,13-14,23-24H,3-6,11-12,15H2,1-2H3. The first-order valence-electron chi connectivity index (χ1n) is 9.63. The van der Waals surface area contributed by atoms with E-state index in [2.05, 4.69) is 6.92 Å². The molecule has 2 N–H and O–H groups in total. The lowest BCUT2D eigenvalue weighted by molar-refractivity contribution is -0.304. The SMILES string of the molecule is CCCCOOCc1cc(-c2ccc(O)c(C(=O)OCCCC)c2)ccc1O. The molecule has 0 aliphatic carbocycles. The van der Waals surface area contributed by atoms with Crippen molar-refractivity contribution >= 4 is 5.97 Å². The number of phenols is 2. The Morgan fingerprint density at radius 1 is 0.857 bits per heavy atom. The summed E-state index contributed by atoms with van der Waals surface area (Å²) >= 11 is 0. The monoisotopic (exact) mass is 388 g/mol. The minimum Gasteiger partial charge on any atom is -0.508 e. The smallest absolute Gasteiger partial charge is 0.341 e. The van der Waals surface area contributed by atoms with Crippen molar-refractivity contribution in [3.63, 3.8) is 0 Å². The first-order valence-corrected chi connectivity index (χ1v) is 9.63. The Balaban J connectivity index is 2.14. The van der Waals surface area contributed by atoms with Gasteiger partial charge in [0.2, 0.25) is 0 Å². The van der Waals surface area contributed by atoms with Gasteiger partial charge in [-0.15, -0.1) is 0 Å². The van der Waals surface area contributed by atoms with Crippen LogP contribution in [-0.4, -0.2) is 29.4 Å². The summed E-state index contributed by atoms with van der Waals surface area (Å²) < 4.78 is 5.19. The molecular formula is C22H28O6. The van der Waals surface area contributed by atoms with Gasteiger partial charge in [0.1, 0.15) is 23.7 Å². The second-order valence-electron chi connectivity index (χ2n) is 6.50. The summed E-state index contributed by atoms with van der Waals surface area (Å²) in [5, 5.41) is 20.1. The number of carbonyl (C=O) groups is 1. The highest BCUT2D eigenvalue weighted by Gasteiger charge is 2.15. The quantitative estimate of drug-likeness (QED) is 0.245. The van der Waals surface area contributed by atoms with Crippen LogP contribution < -0.4 is 0 Å². The van der Waals surface area contributed by atoms with Gasteiger partial charge in [-0.1, -0.05) is 38.8 Å². The Labute approximate surface area is 165 Å². The summed E-state index contributed by atoms with van der Waals surface area (Å²) in [4.78, 5) is 22.5. The van der Waals surface area contributed by atoms with Gasteiger partial charge >= 0.3 is 5.97 Å². The molecule has 0 bridgehead atoms. The predicted octanol–water partition coefficient (Wildman–Crippen LogP) is 4.97. The lowest BCUT2D eigenvalue weighted by Crippen LogP contribution is -2.06. The zero-order valence-corrected chi connectivity index (χ0v) is 16.4. The van der Waals surface area contributed by atoms with Crippen LogP contribution in [0.2, 0.25) is 0 Å². The number of unbranched alkanes of at least 4 members (excludes halogenated alkanes) is 2. The lowest BCUT2D eigenvalue weighted by atomic mass is 10.00. The molecular weight excluding hydrogens is 360 g/mol. The van der Waals surface area contributed by atoms with Gasteiger partial charge in [-0.3, -0.25) is 0 Å². The fourth-order valence-corrected chi connectivity index (χ4v) is 2.51. The summed E-state index contributed by atoms with van der Waals surface area (Å²) in [7, 11) is 0. The van der Waals surface area contributed by atoms with Crippen molar-refractivity contribution in [2.75, 3.05) is 13.2 Å². The Kier molecular flexibility index (Phi) is 8.78. The predicted molar refractivity (Wildman–Crippen MR) is 106 cm³/mol. The van der Waals surface area contributed by atoms with Crippen LogP contribution in [0.4, 0.5) is 0 Å². The topological polar surface area (TPSA) is 85.2 Å². The van der Waals surface area contributed by atoms with Gasteiger partial charge in [0, 0.05) is 5.56 Å². The fraction of sp³-hybridized carbons (Fsp3) is 0.409. The first-order chi connectivity index (χ1) is 13.6. The molecule has 0 aliphatic rings. The number of rotatable bonds is 11. The van der Waals surface area contributed by atoms with Gasteiger partial charge < -0.3 is 14.9 Å². The van der Waals surface area contributed by atoms with Crippen LogP contribution >= 0.6 is 0 Å². The molecule has 0 unspecified atom stereocenters. The Hall–Kier alpha value is -2.57. The molecule has 0 saturated carbocycles. The molecule has 2 rings (SSSR count). The van der Waals surface area contributed by atoms with Crippen molar-refractivity contribution in [1.82, 2.24) is 0 Å². The minimum absolute atomic E-state index is 0.0980. The zero-order chi connectivity index (χ0) is 20.4. The van der Waals surface area contributed by atoms with Gasteiger partial charge in [0.15, 0.2) is 0 Å². The summed E-state index contributed by atoms with van der Waals surface area (Å²) in [5.41, 5.74) is 2.16. The molecule has 2 aromatic carbocycles. The Bertz CT molecular complexity index is 772. The summed E-state index contributed by atoms with van der Waals surface area (Å²) in [6, 6.07) is 9.80. The van der Waals surface area contributed by atoms with Gasteiger partial charge in [0.25, 0.3) is 0 Å². The zero-order valence-electron chi connectivity index (χ0n) is 16.4. The van der Waals surface area contributed by atoms with E-state index in [9.17, 15) is 15.0 Å². The van der Waals surface area contributed by atoms with Crippen LogP contribution in [0.15, 0.2) is 36.4 Å². The number of esters is 1. The number of carbonyl (C=O) groups excluding carboxylic acids is 1. The third-order valence-corrected chi connectivity index (χ3v) is 4.24. The molecule has 0 fully saturated rings. The maximum Gasteiger partial charge on any atom is 0.341 e. The van der Waals surface area contributed by atoms with Crippen molar-refractivity contribution in [3.05, 3.63) is 47.5 Å². The average Bonchev–Trinajstić information content (AvgIpc) is 2.69. The van der Waals surface area contributed by atoms with E-state index in [0.717, 1.165) is 31.2 Å². The molecule has 0 saturated heterocycles. The average molecular weight is 388 g/mol. The van der Waals surface area contributed by atoms with Crippen molar-refractivity contribution in [2.45, 2.75) is 46.1 Å². The molecule has 0 radical (unpaired) electrons. The summed E-state index contributed by atoms with van der Waals surface area (Å²) in [6.07, 6.45) is 3.60. The van der Waals surface area contributed by atoms with E-state index in [1.54, 1.807) is 30.3 Å². The van der Waals surface area contributed by atoms with Crippen LogP contribution in [0.1, 0.15) is 55.5 Å². The maximum atomic E-state index is 12.2. The maximum absolute atomic E-state index is 12.2. The molecule has 0 heterocycles. The number of benzene rings is 2. The van der Waals surface area contributed by atoms with Crippen molar-refractivity contribution in [2.24, 2.45) is 0 Å². The number of ether oxygens (including phenoxy) is 1. The lowest BCUT2D eigenvalue weighted by Gasteiger charge is -2.11. The largest absolute Gasteiger partial charge is 0.508 e. The second-order valence-corrected chi connectivity index (χ2v) is 6.50. The highest BCUT2D eigenvalue weighted by molar-refractivity contribution is 5.94. The van der Waals surface area contributed by atoms with E-state index in [1.165, 1.54) is 6.07 Å². The van der Waals surface area contributed by atoms with Crippen molar-refractivity contribution < 1.29 is 29.5 Å². The Morgan fingerprint density at radius 2 is 1.50 bits per heavy atom. The van der Waals surface area contributed by atoms with Gasteiger partial charge in [-0.25, -0.2) is 14.6 Å². The first kappa shape index (κ1) is 21.7. The fourth-order valence-electron chi connectivity index (χ4n) is 2.51. The van der Waals surface area contributed by atoms with E-state index in [1.807, 2.05) is 6.92 Å².